The molecule has 3 heterocycles. The van der Waals surface area contributed by atoms with Gasteiger partial charge < -0.3 is 9.80 Å². The molecule has 0 aromatic carbocycles. The van der Waals surface area contributed by atoms with Crippen LogP contribution < -0.4 is 0 Å². The number of piperidine rings is 1. The third-order valence-electron chi connectivity index (χ3n) is 5.96. The Kier molecular flexibility index (Phi) is 4.33. The first-order valence-corrected chi connectivity index (χ1v) is 10.0. The van der Waals surface area contributed by atoms with Crippen molar-refractivity contribution in [3.05, 3.63) is 16.6 Å². The zero-order valence-electron chi connectivity index (χ0n) is 14.1. The third-order valence-corrected chi connectivity index (χ3v) is 6.83. The van der Waals surface area contributed by atoms with Gasteiger partial charge in [0.1, 0.15) is 5.01 Å². The molecular formula is C18H25N3O2S. The van der Waals surface area contributed by atoms with Crippen LogP contribution in [0.2, 0.25) is 0 Å². The number of nitrogens with zero attached hydrogens (tertiary/aromatic N) is 3. The van der Waals surface area contributed by atoms with Crippen molar-refractivity contribution in [3.8, 4) is 0 Å². The molecule has 1 spiro atoms. The second kappa shape index (κ2) is 6.47. The minimum Gasteiger partial charge on any atom is -0.333 e. The van der Waals surface area contributed by atoms with Crippen LogP contribution >= 0.6 is 11.3 Å². The molecule has 1 aliphatic carbocycles. The van der Waals surface area contributed by atoms with E-state index in [-0.39, 0.29) is 29.8 Å². The number of hydrogen-bond acceptors (Lipinski definition) is 4. The Labute approximate surface area is 147 Å². The van der Waals surface area contributed by atoms with Crippen molar-refractivity contribution in [2.24, 2.45) is 5.41 Å². The summed E-state index contributed by atoms with van der Waals surface area (Å²) < 4.78 is 0. The van der Waals surface area contributed by atoms with Crippen molar-refractivity contribution in [1.82, 2.24) is 14.8 Å². The molecule has 4 rings (SSSR count). The number of amides is 2. The van der Waals surface area contributed by atoms with E-state index in [1.165, 1.54) is 12.8 Å². The minimum atomic E-state index is 0.0956. The molecule has 3 fully saturated rings. The lowest BCUT2D eigenvalue weighted by molar-refractivity contribution is -0.141. The Balaban J connectivity index is 1.44. The Morgan fingerprint density at radius 1 is 1.29 bits per heavy atom. The van der Waals surface area contributed by atoms with Crippen LogP contribution in [0.1, 0.15) is 62.4 Å². The molecule has 130 valence electrons. The first-order valence-electron chi connectivity index (χ1n) is 9.14. The average molecular weight is 347 g/mol. The van der Waals surface area contributed by atoms with Gasteiger partial charge in [0.2, 0.25) is 11.8 Å². The lowest BCUT2D eigenvalue weighted by Gasteiger charge is -2.35. The number of aromatic nitrogens is 1. The number of hydrogen-bond donors (Lipinski definition) is 0. The lowest BCUT2D eigenvalue weighted by atomic mass is 9.85. The fraction of sp³-hybridized carbons (Fsp3) is 0.722. The number of likely N-dealkylation sites (tertiary alicyclic amines) is 2. The zero-order chi connectivity index (χ0) is 16.6. The van der Waals surface area contributed by atoms with Crippen LogP contribution in [-0.2, 0) is 9.59 Å². The minimum absolute atomic E-state index is 0.0956. The van der Waals surface area contributed by atoms with Gasteiger partial charge in [0.05, 0.1) is 12.6 Å². The zero-order valence-corrected chi connectivity index (χ0v) is 14.9. The van der Waals surface area contributed by atoms with Crippen LogP contribution in [0, 0.1) is 5.41 Å². The van der Waals surface area contributed by atoms with E-state index >= 15 is 0 Å². The van der Waals surface area contributed by atoms with Crippen LogP contribution in [0.15, 0.2) is 11.6 Å². The molecule has 1 aromatic rings. The molecule has 2 aliphatic heterocycles. The topological polar surface area (TPSA) is 53.5 Å². The molecule has 1 aromatic heterocycles. The molecule has 0 radical (unpaired) electrons. The SMILES string of the molecule is O=C1CC2(CCCC2)CN1CC(=O)N1CCCC[C@@H]1c1nccs1. The monoisotopic (exact) mass is 347 g/mol. The highest BCUT2D eigenvalue weighted by atomic mass is 32.1. The summed E-state index contributed by atoms with van der Waals surface area (Å²) in [6.07, 6.45) is 10.4. The summed E-state index contributed by atoms with van der Waals surface area (Å²) in [6.45, 7) is 1.83. The van der Waals surface area contributed by atoms with Crippen molar-refractivity contribution in [1.29, 1.82) is 0 Å². The average Bonchev–Trinajstić information content (AvgIpc) is 3.31. The van der Waals surface area contributed by atoms with E-state index in [0.29, 0.717) is 6.42 Å². The van der Waals surface area contributed by atoms with Gasteiger partial charge in [-0.2, -0.15) is 0 Å². The molecule has 2 amide bonds. The van der Waals surface area contributed by atoms with E-state index in [1.54, 1.807) is 11.3 Å². The Morgan fingerprint density at radius 2 is 2.12 bits per heavy atom. The summed E-state index contributed by atoms with van der Waals surface area (Å²) >= 11 is 1.62. The van der Waals surface area contributed by atoms with Crippen molar-refractivity contribution in [2.75, 3.05) is 19.6 Å². The molecule has 1 atom stereocenters. The maximum absolute atomic E-state index is 12.9. The van der Waals surface area contributed by atoms with E-state index < -0.39 is 0 Å². The maximum atomic E-state index is 12.9. The fourth-order valence-electron chi connectivity index (χ4n) is 4.73. The van der Waals surface area contributed by atoms with Crippen LogP contribution in [0.25, 0.3) is 0 Å². The maximum Gasteiger partial charge on any atom is 0.242 e. The smallest absolute Gasteiger partial charge is 0.242 e. The summed E-state index contributed by atoms with van der Waals surface area (Å²) in [6, 6.07) is 0.101. The molecule has 24 heavy (non-hydrogen) atoms. The van der Waals surface area contributed by atoms with Gasteiger partial charge in [-0.3, -0.25) is 9.59 Å². The standard InChI is InChI=1S/C18H25N3O2S/c22-15-11-18(6-2-3-7-18)13-20(15)12-16(23)21-9-4-1-5-14(21)17-19-8-10-24-17/h8,10,14H,1-7,9,11-13H2/t14-/m1/s1. The molecule has 2 saturated heterocycles. The normalized spacial score (nSPS) is 26.5. The second-order valence-electron chi connectivity index (χ2n) is 7.60. The van der Waals surface area contributed by atoms with Crippen LogP contribution in [0.4, 0.5) is 0 Å². The summed E-state index contributed by atoms with van der Waals surface area (Å²) in [4.78, 5) is 33.5. The van der Waals surface area contributed by atoms with E-state index in [0.717, 1.165) is 50.2 Å². The summed E-state index contributed by atoms with van der Waals surface area (Å²) in [7, 11) is 0. The molecule has 3 aliphatic rings. The Morgan fingerprint density at radius 3 is 2.88 bits per heavy atom. The van der Waals surface area contributed by atoms with Gasteiger partial charge in [-0.25, -0.2) is 4.98 Å². The summed E-state index contributed by atoms with van der Waals surface area (Å²) in [5.41, 5.74) is 0.175. The first-order chi connectivity index (χ1) is 11.7. The highest BCUT2D eigenvalue weighted by Crippen LogP contribution is 2.45. The largest absolute Gasteiger partial charge is 0.333 e. The Hall–Kier alpha value is -1.43. The second-order valence-corrected chi connectivity index (χ2v) is 8.53. The van der Waals surface area contributed by atoms with Gasteiger partial charge in [-0.1, -0.05) is 12.8 Å². The molecule has 0 N–H and O–H groups in total. The number of carbonyl (C=O) groups excluding carboxylic acids is 2. The van der Waals surface area contributed by atoms with Crippen molar-refractivity contribution < 1.29 is 9.59 Å². The quantitative estimate of drug-likeness (QED) is 0.845. The number of carbonyl (C=O) groups is 2. The van der Waals surface area contributed by atoms with Crippen LogP contribution in [0.5, 0.6) is 0 Å². The van der Waals surface area contributed by atoms with Gasteiger partial charge in [-0.05, 0) is 37.5 Å². The van der Waals surface area contributed by atoms with Gasteiger partial charge in [0, 0.05) is 31.1 Å². The highest BCUT2D eigenvalue weighted by molar-refractivity contribution is 7.09. The highest BCUT2D eigenvalue weighted by Gasteiger charge is 2.45. The van der Waals surface area contributed by atoms with E-state index in [4.69, 9.17) is 0 Å². The van der Waals surface area contributed by atoms with E-state index in [2.05, 4.69) is 4.98 Å². The van der Waals surface area contributed by atoms with Gasteiger partial charge in [-0.15, -0.1) is 11.3 Å². The van der Waals surface area contributed by atoms with Crippen molar-refractivity contribution in [2.45, 2.75) is 57.4 Å². The predicted octanol–water partition coefficient (Wildman–Crippen LogP) is 2.99. The molecule has 6 heteroatoms. The lowest BCUT2D eigenvalue weighted by Crippen LogP contribution is -2.45. The Bertz CT molecular complexity index is 610. The third kappa shape index (κ3) is 2.96. The first kappa shape index (κ1) is 16.1. The van der Waals surface area contributed by atoms with E-state index in [1.807, 2.05) is 21.4 Å². The van der Waals surface area contributed by atoms with Crippen LogP contribution in [-0.4, -0.2) is 46.2 Å². The molecule has 0 bridgehead atoms. The number of thiazole rings is 1. The molecule has 1 saturated carbocycles. The predicted molar refractivity (Wildman–Crippen MR) is 92.5 cm³/mol. The van der Waals surface area contributed by atoms with Crippen molar-refractivity contribution in [3.63, 3.8) is 0 Å². The van der Waals surface area contributed by atoms with Crippen molar-refractivity contribution >= 4 is 23.2 Å². The molecular weight excluding hydrogens is 322 g/mol. The molecule has 5 nitrogen and oxygen atoms in total. The fourth-order valence-corrected chi connectivity index (χ4v) is 5.51. The summed E-state index contributed by atoms with van der Waals surface area (Å²) in [5.74, 6) is 0.270. The van der Waals surface area contributed by atoms with Gasteiger partial charge in [0.25, 0.3) is 0 Å². The van der Waals surface area contributed by atoms with Gasteiger partial charge >= 0.3 is 0 Å². The number of rotatable bonds is 3. The molecule has 0 unspecified atom stereocenters. The van der Waals surface area contributed by atoms with Crippen LogP contribution in [0.3, 0.4) is 0 Å². The van der Waals surface area contributed by atoms with E-state index in [9.17, 15) is 9.59 Å². The summed E-state index contributed by atoms with van der Waals surface area (Å²) in [5, 5.41) is 3.00. The van der Waals surface area contributed by atoms with Gasteiger partial charge in [0.15, 0.2) is 0 Å².